The van der Waals surface area contributed by atoms with Crippen molar-refractivity contribution in [1.29, 1.82) is 0 Å². The summed E-state index contributed by atoms with van der Waals surface area (Å²) in [5.41, 5.74) is 8.00. The molecule has 0 unspecified atom stereocenters. The van der Waals surface area contributed by atoms with Gasteiger partial charge in [-0.05, 0) is 24.1 Å². The van der Waals surface area contributed by atoms with Crippen molar-refractivity contribution in [2.75, 3.05) is 12.3 Å². The molecule has 1 amide bonds. The molecule has 0 saturated heterocycles. The minimum Gasteiger partial charge on any atom is -0.399 e. The molecule has 5 heteroatoms. The van der Waals surface area contributed by atoms with E-state index in [0.29, 0.717) is 24.5 Å². The second-order valence-corrected chi connectivity index (χ2v) is 4.90. The highest BCUT2D eigenvalue weighted by Crippen LogP contribution is 2.12. The molecule has 5 nitrogen and oxygen atoms in total. The first kappa shape index (κ1) is 14.1. The van der Waals surface area contributed by atoms with Gasteiger partial charge >= 0.3 is 0 Å². The molecule has 2 N–H and O–H groups in total. The fourth-order valence-electron chi connectivity index (χ4n) is 2.12. The Labute approximate surface area is 119 Å². The predicted octanol–water partition coefficient (Wildman–Crippen LogP) is 2.05. The van der Waals surface area contributed by atoms with Crippen LogP contribution in [0.2, 0.25) is 0 Å². The van der Waals surface area contributed by atoms with Gasteiger partial charge in [-0.15, -0.1) is 0 Å². The molecular formula is C15H20N4O. The fourth-order valence-corrected chi connectivity index (χ4v) is 2.12. The van der Waals surface area contributed by atoms with E-state index >= 15 is 0 Å². The molecule has 0 spiro atoms. The van der Waals surface area contributed by atoms with Crippen LogP contribution in [0.4, 0.5) is 5.69 Å². The number of carbonyl (C=O) groups excluding carboxylic acids is 1. The van der Waals surface area contributed by atoms with E-state index in [1.54, 1.807) is 22.0 Å². The maximum atomic E-state index is 12.5. The second-order valence-electron chi connectivity index (χ2n) is 4.90. The Hall–Kier alpha value is -2.30. The van der Waals surface area contributed by atoms with Crippen LogP contribution < -0.4 is 5.73 Å². The number of benzene rings is 1. The molecule has 0 saturated carbocycles. The fraction of sp³-hybridized carbons (Fsp3) is 0.333. The van der Waals surface area contributed by atoms with Crippen molar-refractivity contribution in [3.63, 3.8) is 0 Å². The zero-order chi connectivity index (χ0) is 14.5. The van der Waals surface area contributed by atoms with Crippen LogP contribution in [-0.4, -0.2) is 26.9 Å². The summed E-state index contributed by atoms with van der Waals surface area (Å²) in [7, 11) is 1.85. The van der Waals surface area contributed by atoms with Gasteiger partial charge in [-0.2, -0.15) is 0 Å². The number of nitrogen functional groups attached to an aromatic ring is 1. The summed E-state index contributed by atoms with van der Waals surface area (Å²) < 4.78 is 1.78. The summed E-state index contributed by atoms with van der Waals surface area (Å²) >= 11 is 0. The third-order valence-electron chi connectivity index (χ3n) is 3.03. The lowest BCUT2D eigenvalue weighted by molar-refractivity contribution is 0.0737. The summed E-state index contributed by atoms with van der Waals surface area (Å²) in [6.45, 7) is 3.30. The second kappa shape index (κ2) is 6.23. The molecule has 0 bridgehead atoms. The average molecular weight is 272 g/mol. The Balaban J connectivity index is 2.16. The van der Waals surface area contributed by atoms with E-state index in [9.17, 15) is 4.79 Å². The number of imidazole rings is 1. The van der Waals surface area contributed by atoms with Crippen molar-refractivity contribution < 1.29 is 4.79 Å². The highest BCUT2D eigenvalue weighted by Gasteiger charge is 2.17. The minimum atomic E-state index is -0.0464. The van der Waals surface area contributed by atoms with Crippen molar-refractivity contribution in [3.05, 3.63) is 48.0 Å². The number of carbonyl (C=O) groups is 1. The lowest BCUT2D eigenvalue weighted by Crippen LogP contribution is -2.31. The largest absolute Gasteiger partial charge is 0.399 e. The van der Waals surface area contributed by atoms with Gasteiger partial charge in [0.05, 0.1) is 6.33 Å². The molecule has 0 atom stereocenters. The van der Waals surface area contributed by atoms with Gasteiger partial charge in [-0.3, -0.25) is 4.79 Å². The first-order valence-electron chi connectivity index (χ1n) is 6.71. The van der Waals surface area contributed by atoms with Gasteiger partial charge in [0.25, 0.3) is 5.91 Å². The molecule has 0 aliphatic carbocycles. The van der Waals surface area contributed by atoms with E-state index in [1.165, 1.54) is 0 Å². The van der Waals surface area contributed by atoms with Crippen molar-refractivity contribution >= 4 is 11.6 Å². The van der Waals surface area contributed by atoms with Crippen LogP contribution >= 0.6 is 0 Å². The number of rotatable bonds is 5. The lowest BCUT2D eigenvalue weighted by atomic mass is 10.2. The maximum Gasteiger partial charge on any atom is 0.274 e. The third-order valence-corrected chi connectivity index (χ3v) is 3.03. The van der Waals surface area contributed by atoms with Crippen LogP contribution in [0.15, 0.2) is 36.8 Å². The number of hydrogen-bond acceptors (Lipinski definition) is 3. The number of aryl methyl sites for hydroxylation is 1. The molecule has 2 aromatic rings. The zero-order valence-corrected chi connectivity index (χ0v) is 11.9. The van der Waals surface area contributed by atoms with Gasteiger partial charge in [0.15, 0.2) is 0 Å². The number of aromatic nitrogens is 2. The monoisotopic (exact) mass is 272 g/mol. The van der Waals surface area contributed by atoms with Crippen LogP contribution in [0.5, 0.6) is 0 Å². The highest BCUT2D eigenvalue weighted by molar-refractivity contribution is 5.92. The summed E-state index contributed by atoms with van der Waals surface area (Å²) in [6.07, 6.45) is 4.28. The van der Waals surface area contributed by atoms with E-state index in [-0.39, 0.29) is 5.91 Å². The molecule has 0 aliphatic heterocycles. The average Bonchev–Trinajstić information content (AvgIpc) is 2.84. The van der Waals surface area contributed by atoms with Crippen LogP contribution in [-0.2, 0) is 13.6 Å². The molecule has 106 valence electrons. The summed E-state index contributed by atoms with van der Waals surface area (Å²) in [6, 6.07) is 7.62. The number of nitrogens with two attached hydrogens (primary N) is 1. The Morgan fingerprint density at radius 2 is 2.25 bits per heavy atom. The molecule has 0 aliphatic rings. The van der Waals surface area contributed by atoms with Crippen molar-refractivity contribution in [3.8, 4) is 0 Å². The third kappa shape index (κ3) is 3.38. The first-order valence-corrected chi connectivity index (χ1v) is 6.71. The highest BCUT2D eigenvalue weighted by atomic mass is 16.2. The topological polar surface area (TPSA) is 64.2 Å². The molecular weight excluding hydrogens is 252 g/mol. The summed E-state index contributed by atoms with van der Waals surface area (Å²) in [5.74, 6) is -0.0464. The van der Waals surface area contributed by atoms with Gasteiger partial charge < -0.3 is 15.2 Å². The first-order chi connectivity index (χ1) is 9.60. The van der Waals surface area contributed by atoms with Crippen LogP contribution in [0, 0.1) is 0 Å². The zero-order valence-electron chi connectivity index (χ0n) is 11.9. The van der Waals surface area contributed by atoms with Gasteiger partial charge in [0, 0.05) is 32.0 Å². The predicted molar refractivity (Wildman–Crippen MR) is 79.1 cm³/mol. The van der Waals surface area contributed by atoms with E-state index < -0.39 is 0 Å². The molecule has 1 aromatic heterocycles. The Bertz CT molecular complexity index is 591. The smallest absolute Gasteiger partial charge is 0.274 e. The molecule has 0 radical (unpaired) electrons. The SMILES string of the molecule is CCCN(Cc1cccc(N)c1)C(=O)c1cn(C)cn1. The van der Waals surface area contributed by atoms with Gasteiger partial charge in [-0.1, -0.05) is 19.1 Å². The van der Waals surface area contributed by atoms with Crippen LogP contribution in [0.25, 0.3) is 0 Å². The Morgan fingerprint density at radius 1 is 1.45 bits per heavy atom. The van der Waals surface area contributed by atoms with Crippen LogP contribution in [0.1, 0.15) is 29.4 Å². The summed E-state index contributed by atoms with van der Waals surface area (Å²) in [4.78, 5) is 18.4. The quantitative estimate of drug-likeness (QED) is 0.847. The van der Waals surface area contributed by atoms with Crippen molar-refractivity contribution in [2.45, 2.75) is 19.9 Å². The standard InChI is InChI=1S/C15H20N4O/c1-3-7-19(9-12-5-4-6-13(16)8-12)15(20)14-10-18(2)11-17-14/h4-6,8,10-11H,3,7,9,16H2,1-2H3. The van der Waals surface area contributed by atoms with E-state index in [1.807, 2.05) is 31.3 Å². The van der Waals surface area contributed by atoms with Crippen LogP contribution in [0.3, 0.4) is 0 Å². The van der Waals surface area contributed by atoms with Gasteiger partial charge in [-0.25, -0.2) is 4.98 Å². The van der Waals surface area contributed by atoms with Gasteiger partial charge in [0.1, 0.15) is 5.69 Å². The number of hydrogen-bond donors (Lipinski definition) is 1. The van der Waals surface area contributed by atoms with E-state index in [4.69, 9.17) is 5.73 Å². The summed E-state index contributed by atoms with van der Waals surface area (Å²) in [5, 5.41) is 0. The maximum absolute atomic E-state index is 12.5. The van der Waals surface area contributed by atoms with Crippen molar-refractivity contribution in [2.24, 2.45) is 7.05 Å². The van der Waals surface area contributed by atoms with Crippen molar-refractivity contribution in [1.82, 2.24) is 14.5 Å². The Kier molecular flexibility index (Phi) is 4.40. The molecule has 1 heterocycles. The molecule has 2 rings (SSSR count). The number of amides is 1. The molecule has 20 heavy (non-hydrogen) atoms. The van der Waals surface area contributed by atoms with Gasteiger partial charge in [0.2, 0.25) is 0 Å². The minimum absolute atomic E-state index is 0.0464. The van der Waals surface area contributed by atoms with E-state index in [0.717, 1.165) is 12.0 Å². The van der Waals surface area contributed by atoms with E-state index in [2.05, 4.69) is 11.9 Å². The molecule has 0 fully saturated rings. The lowest BCUT2D eigenvalue weighted by Gasteiger charge is -2.21. The molecule has 1 aromatic carbocycles. The Morgan fingerprint density at radius 3 is 2.85 bits per heavy atom. The number of anilines is 1. The normalized spacial score (nSPS) is 10.5. The number of nitrogens with zero attached hydrogens (tertiary/aromatic N) is 3.